The van der Waals surface area contributed by atoms with Gasteiger partial charge in [-0.05, 0) is 33.1 Å². The van der Waals surface area contributed by atoms with E-state index in [0.717, 1.165) is 24.5 Å². The van der Waals surface area contributed by atoms with Gasteiger partial charge in [0.2, 0.25) is 0 Å². The fraction of sp³-hybridized carbons (Fsp3) is 0.643. The summed E-state index contributed by atoms with van der Waals surface area (Å²) in [5.41, 5.74) is 2.74. The third-order valence-corrected chi connectivity index (χ3v) is 4.90. The summed E-state index contributed by atoms with van der Waals surface area (Å²) in [7, 11) is -1.44. The Labute approximate surface area is 102 Å². The topological polar surface area (TPSA) is 23.8 Å². The van der Waals surface area contributed by atoms with Crippen LogP contribution in [0.3, 0.4) is 0 Å². The lowest BCUT2D eigenvalue weighted by Gasteiger charge is -2.17. The van der Waals surface area contributed by atoms with Crippen molar-refractivity contribution in [3.8, 4) is 6.07 Å². The van der Waals surface area contributed by atoms with Crippen LogP contribution in [0.15, 0.2) is 22.4 Å². The molecule has 0 bridgehead atoms. The standard InChI is InChI=1S/C14H25NSi/c1-7-12(2)9-8-10-13(3)14(11-15)16(4,5)6/h9H,7-8,10H2,1-6H3/b12-9-,14-13+. The van der Waals surface area contributed by atoms with Gasteiger partial charge >= 0.3 is 0 Å². The van der Waals surface area contributed by atoms with Gasteiger partial charge in [0, 0.05) is 5.20 Å². The van der Waals surface area contributed by atoms with Gasteiger partial charge in [-0.2, -0.15) is 5.26 Å². The summed E-state index contributed by atoms with van der Waals surface area (Å²) in [6.45, 7) is 13.2. The van der Waals surface area contributed by atoms with Crippen molar-refractivity contribution in [2.24, 2.45) is 0 Å². The summed E-state index contributed by atoms with van der Waals surface area (Å²) < 4.78 is 0. The Hall–Kier alpha value is -0.813. The second kappa shape index (κ2) is 6.70. The fourth-order valence-corrected chi connectivity index (χ4v) is 3.45. The Kier molecular flexibility index (Phi) is 6.36. The number of rotatable bonds is 5. The van der Waals surface area contributed by atoms with Crippen molar-refractivity contribution in [2.45, 2.75) is 59.7 Å². The first-order valence-electron chi connectivity index (χ1n) is 6.08. The second-order valence-electron chi connectivity index (χ2n) is 5.46. The summed E-state index contributed by atoms with van der Waals surface area (Å²) in [6, 6.07) is 2.41. The van der Waals surface area contributed by atoms with Crippen molar-refractivity contribution in [3.63, 3.8) is 0 Å². The minimum Gasteiger partial charge on any atom is -0.193 e. The lowest BCUT2D eigenvalue weighted by atomic mass is 10.1. The van der Waals surface area contributed by atoms with Gasteiger partial charge in [-0.3, -0.25) is 0 Å². The zero-order chi connectivity index (χ0) is 12.8. The Morgan fingerprint density at radius 3 is 2.19 bits per heavy atom. The second-order valence-corrected chi connectivity index (χ2v) is 10.5. The van der Waals surface area contributed by atoms with Crippen LogP contribution in [0.5, 0.6) is 0 Å². The fourth-order valence-electron chi connectivity index (χ4n) is 1.71. The first-order chi connectivity index (χ1) is 7.32. The molecule has 0 aliphatic rings. The molecule has 0 fully saturated rings. The van der Waals surface area contributed by atoms with Crippen LogP contribution in [-0.4, -0.2) is 8.07 Å². The van der Waals surface area contributed by atoms with E-state index in [2.05, 4.69) is 52.6 Å². The van der Waals surface area contributed by atoms with Crippen molar-refractivity contribution >= 4 is 8.07 Å². The van der Waals surface area contributed by atoms with Gasteiger partial charge in [0.05, 0.1) is 14.1 Å². The molecule has 0 aromatic carbocycles. The molecule has 0 aliphatic carbocycles. The molecule has 0 aliphatic heterocycles. The van der Waals surface area contributed by atoms with Crippen molar-refractivity contribution < 1.29 is 0 Å². The Balaban J connectivity index is 4.61. The predicted molar refractivity (Wildman–Crippen MR) is 74.9 cm³/mol. The molecule has 2 heteroatoms. The maximum Gasteiger partial charge on any atom is 0.0911 e. The highest BCUT2D eigenvalue weighted by atomic mass is 28.3. The summed E-state index contributed by atoms with van der Waals surface area (Å²) >= 11 is 0. The minimum absolute atomic E-state index is 1.03. The van der Waals surface area contributed by atoms with Crippen LogP contribution in [0.4, 0.5) is 0 Å². The van der Waals surface area contributed by atoms with Gasteiger partial charge in [-0.25, -0.2) is 0 Å². The van der Waals surface area contributed by atoms with Crippen molar-refractivity contribution in [2.75, 3.05) is 0 Å². The van der Waals surface area contributed by atoms with Gasteiger partial charge in [-0.15, -0.1) is 0 Å². The molecule has 0 saturated carbocycles. The molecule has 0 heterocycles. The summed E-state index contributed by atoms with van der Waals surface area (Å²) in [4.78, 5) is 0. The average Bonchev–Trinajstić information content (AvgIpc) is 2.16. The molecule has 0 unspecified atom stereocenters. The largest absolute Gasteiger partial charge is 0.193 e. The van der Waals surface area contributed by atoms with E-state index in [1.54, 1.807) is 0 Å². The van der Waals surface area contributed by atoms with Gasteiger partial charge in [-0.1, -0.05) is 43.8 Å². The van der Waals surface area contributed by atoms with Gasteiger partial charge in [0.1, 0.15) is 0 Å². The third kappa shape index (κ3) is 5.32. The van der Waals surface area contributed by atoms with E-state index in [-0.39, 0.29) is 0 Å². The average molecular weight is 235 g/mol. The Morgan fingerprint density at radius 1 is 1.25 bits per heavy atom. The molecule has 90 valence electrons. The van der Waals surface area contributed by atoms with E-state index in [4.69, 9.17) is 0 Å². The Bertz CT molecular complexity index is 324. The van der Waals surface area contributed by atoms with E-state index in [1.165, 1.54) is 11.1 Å². The van der Waals surface area contributed by atoms with Crippen molar-refractivity contribution in [1.82, 2.24) is 0 Å². The van der Waals surface area contributed by atoms with E-state index in [9.17, 15) is 5.26 Å². The summed E-state index contributed by atoms with van der Waals surface area (Å²) in [5, 5.41) is 10.3. The summed E-state index contributed by atoms with van der Waals surface area (Å²) in [5.74, 6) is 0. The molecule has 0 amide bonds. The maximum atomic E-state index is 9.20. The number of nitrogens with zero attached hydrogens (tertiary/aromatic N) is 1. The van der Waals surface area contributed by atoms with Crippen LogP contribution in [0.25, 0.3) is 0 Å². The lowest BCUT2D eigenvalue weighted by molar-refractivity contribution is 0.946. The molecule has 1 nitrogen and oxygen atoms in total. The third-order valence-electron chi connectivity index (χ3n) is 2.86. The van der Waals surface area contributed by atoms with Crippen LogP contribution >= 0.6 is 0 Å². The summed E-state index contributed by atoms with van der Waals surface area (Å²) in [6.07, 6.45) is 5.52. The molecule has 16 heavy (non-hydrogen) atoms. The molecular formula is C14H25NSi. The highest BCUT2D eigenvalue weighted by Gasteiger charge is 2.21. The number of hydrogen-bond acceptors (Lipinski definition) is 1. The number of allylic oxidation sites excluding steroid dienone is 4. The molecule has 0 rings (SSSR count). The monoisotopic (exact) mass is 235 g/mol. The van der Waals surface area contributed by atoms with Crippen LogP contribution < -0.4 is 0 Å². The van der Waals surface area contributed by atoms with Crippen LogP contribution in [0.2, 0.25) is 19.6 Å². The van der Waals surface area contributed by atoms with Crippen LogP contribution in [-0.2, 0) is 0 Å². The molecule has 0 aromatic rings. The predicted octanol–water partition coefficient (Wildman–Crippen LogP) is 4.84. The van der Waals surface area contributed by atoms with Gasteiger partial charge in [0.25, 0.3) is 0 Å². The van der Waals surface area contributed by atoms with E-state index in [0.29, 0.717) is 0 Å². The van der Waals surface area contributed by atoms with E-state index in [1.807, 2.05) is 0 Å². The van der Waals surface area contributed by atoms with E-state index < -0.39 is 8.07 Å². The molecule has 0 atom stereocenters. The van der Waals surface area contributed by atoms with Crippen molar-refractivity contribution in [1.29, 1.82) is 5.26 Å². The molecule has 0 N–H and O–H groups in total. The van der Waals surface area contributed by atoms with Crippen LogP contribution in [0.1, 0.15) is 40.0 Å². The normalized spacial score (nSPS) is 14.4. The minimum atomic E-state index is -1.44. The first-order valence-corrected chi connectivity index (χ1v) is 9.58. The molecule has 0 radical (unpaired) electrons. The highest BCUT2D eigenvalue weighted by molar-refractivity contribution is 6.84. The van der Waals surface area contributed by atoms with Crippen molar-refractivity contribution in [3.05, 3.63) is 22.4 Å². The first kappa shape index (κ1) is 15.2. The molecular weight excluding hydrogens is 210 g/mol. The highest BCUT2D eigenvalue weighted by Crippen LogP contribution is 2.21. The number of nitriles is 1. The zero-order valence-corrected chi connectivity index (χ0v) is 12.6. The lowest BCUT2D eigenvalue weighted by Crippen LogP contribution is -2.24. The van der Waals surface area contributed by atoms with Gasteiger partial charge in [0.15, 0.2) is 0 Å². The maximum absolute atomic E-state index is 9.20. The van der Waals surface area contributed by atoms with E-state index >= 15 is 0 Å². The zero-order valence-electron chi connectivity index (χ0n) is 11.6. The number of hydrogen-bond donors (Lipinski definition) is 0. The smallest absolute Gasteiger partial charge is 0.0911 e. The quantitative estimate of drug-likeness (QED) is 0.380. The van der Waals surface area contributed by atoms with Gasteiger partial charge < -0.3 is 0 Å². The molecule has 0 saturated heterocycles. The Morgan fingerprint density at radius 2 is 1.81 bits per heavy atom. The van der Waals surface area contributed by atoms with Crippen LogP contribution in [0, 0.1) is 11.3 Å². The molecule has 0 aromatic heterocycles. The molecule has 0 spiro atoms. The SMILES string of the molecule is CC/C(C)=C\CC/C(C)=C(\C#N)[Si](C)(C)C.